The smallest absolute Gasteiger partial charge is 0.306 e. The van der Waals surface area contributed by atoms with Crippen LogP contribution in [-0.4, -0.2) is 31.4 Å². The van der Waals surface area contributed by atoms with Gasteiger partial charge in [0.1, 0.15) is 5.76 Å². The van der Waals surface area contributed by atoms with Gasteiger partial charge in [-0.3, -0.25) is 9.59 Å². The van der Waals surface area contributed by atoms with E-state index in [1.54, 1.807) is 25.1 Å². The maximum absolute atomic E-state index is 12.0. The molecule has 0 saturated carbocycles. The second-order valence-corrected chi connectivity index (χ2v) is 6.34. The predicted octanol–water partition coefficient (Wildman–Crippen LogP) is 3.14. The minimum atomic E-state index is -0.730. The first-order chi connectivity index (χ1) is 12.8. The van der Waals surface area contributed by atoms with Gasteiger partial charge in [-0.15, -0.1) is 0 Å². The Kier molecular flexibility index (Phi) is 6.50. The van der Waals surface area contributed by atoms with Crippen LogP contribution >= 0.6 is 0 Å². The highest BCUT2D eigenvalue weighted by atomic mass is 16.5. The molecule has 2 aromatic rings. The van der Waals surface area contributed by atoms with E-state index in [0.29, 0.717) is 22.8 Å². The molecule has 0 fully saturated rings. The fraction of sp³-hybridized carbons (Fsp3) is 0.400. The van der Waals surface area contributed by atoms with Crippen molar-refractivity contribution in [1.82, 2.24) is 0 Å². The molecule has 2 rings (SSSR count). The molecule has 146 valence electrons. The van der Waals surface area contributed by atoms with E-state index in [1.807, 2.05) is 13.8 Å². The summed E-state index contributed by atoms with van der Waals surface area (Å²) in [6, 6.07) is 6.32. The van der Waals surface area contributed by atoms with Crippen LogP contribution in [0.25, 0.3) is 0 Å². The summed E-state index contributed by atoms with van der Waals surface area (Å²) in [5.74, 6) is -0.430. The summed E-state index contributed by atoms with van der Waals surface area (Å²) in [7, 11) is 2.78. The summed E-state index contributed by atoms with van der Waals surface area (Å²) in [5.41, 5.74) is 0.0350. The van der Waals surface area contributed by atoms with Crippen molar-refractivity contribution in [3.05, 3.63) is 51.6 Å². The van der Waals surface area contributed by atoms with Gasteiger partial charge in [-0.2, -0.15) is 0 Å². The molecule has 27 heavy (non-hydrogen) atoms. The van der Waals surface area contributed by atoms with Gasteiger partial charge in [-0.05, 0) is 38.5 Å². The quantitative estimate of drug-likeness (QED) is 0.742. The third-order valence-electron chi connectivity index (χ3n) is 3.94. The molecule has 1 aromatic carbocycles. The van der Waals surface area contributed by atoms with E-state index >= 15 is 0 Å². The molecule has 1 heterocycles. The first-order valence-electron chi connectivity index (χ1n) is 8.51. The fourth-order valence-corrected chi connectivity index (χ4v) is 2.73. The highest BCUT2D eigenvalue weighted by Gasteiger charge is 2.27. The van der Waals surface area contributed by atoms with Crippen LogP contribution in [0, 0.1) is 6.92 Å². The Bertz CT molecular complexity index is 867. The number of ether oxygens (including phenoxy) is 3. The van der Waals surface area contributed by atoms with Crippen molar-refractivity contribution in [2.45, 2.75) is 39.2 Å². The molecular weight excluding hydrogens is 352 g/mol. The average Bonchev–Trinajstić information content (AvgIpc) is 2.62. The van der Waals surface area contributed by atoms with E-state index < -0.39 is 23.1 Å². The number of hydrogen-bond acceptors (Lipinski definition) is 7. The van der Waals surface area contributed by atoms with Gasteiger partial charge in [-0.25, -0.2) is 0 Å². The van der Waals surface area contributed by atoms with Crippen molar-refractivity contribution < 1.29 is 28.5 Å². The SMILES string of the molecule is COC(=O)C[C@H](c1ccc(OC(C)C)c(OC)c1)c1oc(C)cc(=O)c1O. The lowest BCUT2D eigenvalue weighted by atomic mass is 9.92. The minimum Gasteiger partial charge on any atom is -0.502 e. The zero-order valence-corrected chi connectivity index (χ0v) is 16.1. The van der Waals surface area contributed by atoms with Gasteiger partial charge in [-0.1, -0.05) is 6.07 Å². The third-order valence-corrected chi connectivity index (χ3v) is 3.94. The Morgan fingerprint density at radius 3 is 2.48 bits per heavy atom. The summed E-state index contributed by atoms with van der Waals surface area (Å²) in [6.07, 6.45) is -0.168. The second kappa shape index (κ2) is 8.62. The molecule has 0 unspecified atom stereocenters. The first-order valence-corrected chi connectivity index (χ1v) is 8.51. The minimum absolute atomic E-state index is 0.00461. The third kappa shape index (κ3) is 4.81. The molecule has 0 bridgehead atoms. The van der Waals surface area contributed by atoms with E-state index in [4.69, 9.17) is 18.6 Å². The van der Waals surface area contributed by atoms with E-state index in [1.165, 1.54) is 20.3 Å². The van der Waals surface area contributed by atoms with Crippen molar-refractivity contribution in [3.63, 3.8) is 0 Å². The molecule has 0 amide bonds. The number of aromatic hydroxyl groups is 1. The molecule has 0 aliphatic rings. The Hall–Kier alpha value is -2.96. The highest BCUT2D eigenvalue weighted by Crippen LogP contribution is 2.38. The van der Waals surface area contributed by atoms with Gasteiger partial charge in [0.2, 0.25) is 11.2 Å². The van der Waals surface area contributed by atoms with Crippen molar-refractivity contribution in [2.24, 2.45) is 0 Å². The lowest BCUT2D eigenvalue weighted by Crippen LogP contribution is -2.14. The van der Waals surface area contributed by atoms with Gasteiger partial charge >= 0.3 is 5.97 Å². The summed E-state index contributed by atoms with van der Waals surface area (Å²) in [5, 5.41) is 10.2. The number of rotatable bonds is 7. The van der Waals surface area contributed by atoms with Crippen molar-refractivity contribution in [1.29, 1.82) is 0 Å². The van der Waals surface area contributed by atoms with E-state index in [9.17, 15) is 14.7 Å². The number of benzene rings is 1. The van der Waals surface area contributed by atoms with Crippen LogP contribution in [0.15, 0.2) is 33.5 Å². The number of methoxy groups -OCH3 is 2. The Morgan fingerprint density at radius 1 is 1.19 bits per heavy atom. The maximum atomic E-state index is 12.0. The Balaban J connectivity index is 2.58. The average molecular weight is 376 g/mol. The van der Waals surface area contributed by atoms with Crippen molar-refractivity contribution in [2.75, 3.05) is 14.2 Å². The molecule has 0 aliphatic carbocycles. The van der Waals surface area contributed by atoms with Crippen LogP contribution in [-0.2, 0) is 9.53 Å². The Morgan fingerprint density at radius 2 is 1.89 bits per heavy atom. The van der Waals surface area contributed by atoms with E-state index in [0.717, 1.165) is 0 Å². The van der Waals surface area contributed by atoms with Gasteiger partial charge in [0.15, 0.2) is 17.3 Å². The summed E-state index contributed by atoms with van der Waals surface area (Å²) >= 11 is 0. The van der Waals surface area contributed by atoms with Gasteiger partial charge in [0, 0.05) is 6.07 Å². The monoisotopic (exact) mass is 376 g/mol. The van der Waals surface area contributed by atoms with E-state index in [2.05, 4.69) is 0 Å². The van der Waals surface area contributed by atoms with Crippen molar-refractivity contribution >= 4 is 5.97 Å². The fourth-order valence-electron chi connectivity index (χ4n) is 2.73. The molecule has 0 aliphatic heterocycles. The van der Waals surface area contributed by atoms with Crippen LogP contribution < -0.4 is 14.9 Å². The van der Waals surface area contributed by atoms with Crippen LogP contribution in [0.4, 0.5) is 0 Å². The standard InChI is InChI=1S/C20H24O7/c1-11(2)26-16-7-6-13(9-17(16)24-4)14(10-18(22)25-5)20-19(23)15(21)8-12(3)27-20/h6-9,11,14,23H,10H2,1-5H3/t14-/m1/s1. The largest absolute Gasteiger partial charge is 0.502 e. The molecule has 1 aromatic heterocycles. The lowest BCUT2D eigenvalue weighted by molar-refractivity contribution is -0.140. The summed E-state index contributed by atoms with van der Waals surface area (Å²) in [6.45, 7) is 5.39. The zero-order chi connectivity index (χ0) is 20.1. The molecule has 0 spiro atoms. The lowest BCUT2D eigenvalue weighted by Gasteiger charge is -2.19. The number of carbonyl (C=O) groups is 1. The van der Waals surface area contributed by atoms with Crippen LogP contribution in [0.1, 0.15) is 43.3 Å². The molecular formula is C20H24O7. The van der Waals surface area contributed by atoms with Gasteiger partial charge in [0.25, 0.3) is 0 Å². The molecule has 1 N–H and O–H groups in total. The number of esters is 1. The summed E-state index contributed by atoms with van der Waals surface area (Å²) in [4.78, 5) is 23.9. The molecule has 7 heteroatoms. The molecule has 0 radical (unpaired) electrons. The molecule has 1 atom stereocenters. The van der Waals surface area contributed by atoms with Gasteiger partial charge < -0.3 is 23.7 Å². The number of hydrogen-bond donors (Lipinski definition) is 1. The zero-order valence-electron chi connectivity index (χ0n) is 16.1. The van der Waals surface area contributed by atoms with Crippen molar-refractivity contribution in [3.8, 4) is 17.2 Å². The topological polar surface area (TPSA) is 95.2 Å². The predicted molar refractivity (Wildman–Crippen MR) is 98.6 cm³/mol. The normalized spacial score (nSPS) is 11.9. The van der Waals surface area contributed by atoms with Crippen LogP contribution in [0.2, 0.25) is 0 Å². The van der Waals surface area contributed by atoms with E-state index in [-0.39, 0.29) is 18.3 Å². The molecule has 7 nitrogen and oxygen atoms in total. The Labute approximate surface area is 157 Å². The maximum Gasteiger partial charge on any atom is 0.306 e. The molecule has 0 saturated heterocycles. The van der Waals surface area contributed by atoms with Gasteiger partial charge in [0.05, 0.1) is 32.7 Å². The first kappa shape index (κ1) is 20.4. The highest BCUT2D eigenvalue weighted by molar-refractivity contribution is 5.71. The summed E-state index contributed by atoms with van der Waals surface area (Å²) < 4.78 is 21.4. The number of aryl methyl sites for hydroxylation is 1. The second-order valence-electron chi connectivity index (χ2n) is 6.34. The van der Waals surface area contributed by atoms with Crippen LogP contribution in [0.3, 0.4) is 0 Å². The van der Waals surface area contributed by atoms with Crippen LogP contribution in [0.5, 0.6) is 17.2 Å². The number of carbonyl (C=O) groups excluding carboxylic acids is 1.